The molecule has 0 aliphatic carbocycles. The monoisotopic (exact) mass is 354 g/mol. The van der Waals surface area contributed by atoms with E-state index in [2.05, 4.69) is 10.3 Å². The molecule has 0 spiro atoms. The minimum Gasteiger partial charge on any atom is -0.496 e. The maximum atomic E-state index is 14.0. The Hall–Kier alpha value is -3.07. The van der Waals surface area contributed by atoms with E-state index >= 15 is 0 Å². The van der Waals surface area contributed by atoms with E-state index in [9.17, 15) is 4.39 Å². The highest BCUT2D eigenvalue weighted by Gasteiger charge is 2.10. The number of methoxy groups -OCH3 is 1. The van der Waals surface area contributed by atoms with Gasteiger partial charge in [0.2, 0.25) is 0 Å². The van der Waals surface area contributed by atoms with Gasteiger partial charge in [0.25, 0.3) is 0 Å². The van der Waals surface area contributed by atoms with Crippen molar-refractivity contribution >= 4 is 5.96 Å². The summed E-state index contributed by atoms with van der Waals surface area (Å²) >= 11 is 0. The highest BCUT2D eigenvalue weighted by Crippen LogP contribution is 2.19. The lowest BCUT2D eigenvalue weighted by Gasteiger charge is -2.23. The number of hydrogen-bond donors (Lipinski definition) is 1. The molecular formula is C20H23FN4O. The van der Waals surface area contributed by atoms with Crippen molar-refractivity contribution < 1.29 is 9.13 Å². The third-order valence-corrected chi connectivity index (χ3v) is 3.88. The number of hydrogen-bond acceptors (Lipinski definition) is 3. The van der Waals surface area contributed by atoms with Gasteiger partial charge < -0.3 is 15.0 Å². The van der Waals surface area contributed by atoms with E-state index in [4.69, 9.17) is 10.00 Å². The Labute approximate surface area is 153 Å². The maximum absolute atomic E-state index is 14.0. The molecule has 0 fully saturated rings. The van der Waals surface area contributed by atoms with Crippen LogP contribution in [0.2, 0.25) is 0 Å². The number of benzene rings is 2. The van der Waals surface area contributed by atoms with Crippen molar-refractivity contribution in [2.45, 2.75) is 20.0 Å². The van der Waals surface area contributed by atoms with Gasteiger partial charge in [-0.05, 0) is 25.1 Å². The van der Waals surface area contributed by atoms with Crippen LogP contribution in [0.1, 0.15) is 23.6 Å². The van der Waals surface area contributed by atoms with Crippen molar-refractivity contribution in [1.82, 2.24) is 10.2 Å². The number of guanidine groups is 1. The summed E-state index contributed by atoms with van der Waals surface area (Å²) in [5.41, 5.74) is 1.79. The molecule has 0 aliphatic rings. The second kappa shape index (κ2) is 9.42. The van der Waals surface area contributed by atoms with Gasteiger partial charge in [0.15, 0.2) is 5.96 Å². The highest BCUT2D eigenvalue weighted by molar-refractivity contribution is 5.79. The standard InChI is InChI=1S/C20H23FN4O/c1-4-23-20(24-13-16-10-9-15(12-22)11-18(16)21)25(2)14-17-7-5-6-8-19(17)26-3/h5-11H,4,13-14H2,1-3H3,(H,23,24). The van der Waals surface area contributed by atoms with E-state index in [1.807, 2.05) is 49.2 Å². The SMILES string of the molecule is CCNC(=NCc1ccc(C#N)cc1F)N(C)Cc1ccccc1OC. The highest BCUT2D eigenvalue weighted by atomic mass is 19.1. The second-order valence-corrected chi connectivity index (χ2v) is 5.76. The molecule has 1 N–H and O–H groups in total. The summed E-state index contributed by atoms with van der Waals surface area (Å²) in [7, 11) is 3.56. The van der Waals surface area contributed by atoms with Crippen molar-refractivity contribution in [3.05, 3.63) is 65.0 Å². The molecule has 0 aromatic heterocycles. The fraction of sp³-hybridized carbons (Fsp3) is 0.300. The Morgan fingerprint density at radius 3 is 2.69 bits per heavy atom. The second-order valence-electron chi connectivity index (χ2n) is 5.76. The van der Waals surface area contributed by atoms with E-state index in [0.29, 0.717) is 30.2 Å². The van der Waals surface area contributed by atoms with Gasteiger partial charge >= 0.3 is 0 Å². The average molecular weight is 354 g/mol. The van der Waals surface area contributed by atoms with Crippen molar-refractivity contribution in [3.63, 3.8) is 0 Å². The fourth-order valence-corrected chi connectivity index (χ4v) is 2.54. The molecule has 26 heavy (non-hydrogen) atoms. The molecule has 0 atom stereocenters. The number of rotatable bonds is 6. The summed E-state index contributed by atoms with van der Waals surface area (Å²) in [4.78, 5) is 6.48. The zero-order chi connectivity index (χ0) is 18.9. The third-order valence-electron chi connectivity index (χ3n) is 3.88. The number of nitrogens with zero attached hydrogens (tertiary/aromatic N) is 3. The molecule has 2 rings (SSSR count). The lowest BCUT2D eigenvalue weighted by molar-refractivity contribution is 0.396. The molecular weight excluding hydrogens is 331 g/mol. The molecule has 6 heteroatoms. The van der Waals surface area contributed by atoms with E-state index < -0.39 is 5.82 Å². The molecule has 136 valence electrons. The average Bonchev–Trinajstić information content (AvgIpc) is 2.66. The first-order chi connectivity index (χ1) is 12.6. The Morgan fingerprint density at radius 2 is 2.04 bits per heavy atom. The molecule has 0 heterocycles. The lowest BCUT2D eigenvalue weighted by atomic mass is 10.1. The summed E-state index contributed by atoms with van der Waals surface area (Å²) in [6.07, 6.45) is 0. The molecule has 0 bridgehead atoms. The predicted molar refractivity (Wildman–Crippen MR) is 100 cm³/mol. The van der Waals surface area contributed by atoms with Gasteiger partial charge in [0, 0.05) is 31.3 Å². The van der Waals surface area contributed by atoms with Gasteiger partial charge in [0.1, 0.15) is 11.6 Å². The van der Waals surface area contributed by atoms with Crippen LogP contribution in [0.15, 0.2) is 47.5 Å². The normalized spacial score (nSPS) is 11.0. The summed E-state index contributed by atoms with van der Waals surface area (Å²) in [5.74, 6) is 1.06. The van der Waals surface area contributed by atoms with Gasteiger partial charge in [-0.3, -0.25) is 0 Å². The maximum Gasteiger partial charge on any atom is 0.194 e. The number of ether oxygens (including phenoxy) is 1. The topological polar surface area (TPSA) is 60.7 Å². The first-order valence-corrected chi connectivity index (χ1v) is 8.38. The summed E-state index contributed by atoms with van der Waals surface area (Å²) < 4.78 is 19.4. The van der Waals surface area contributed by atoms with Crippen molar-refractivity contribution in [3.8, 4) is 11.8 Å². The van der Waals surface area contributed by atoms with Crippen LogP contribution in [0.3, 0.4) is 0 Å². The minimum atomic E-state index is -0.420. The van der Waals surface area contributed by atoms with Crippen LogP contribution in [0.4, 0.5) is 4.39 Å². The molecule has 0 radical (unpaired) electrons. The molecule has 5 nitrogen and oxygen atoms in total. The molecule has 2 aromatic carbocycles. The molecule has 0 amide bonds. The first-order valence-electron chi connectivity index (χ1n) is 8.38. The number of halogens is 1. The summed E-state index contributed by atoms with van der Waals surface area (Å²) in [6.45, 7) is 3.47. The lowest BCUT2D eigenvalue weighted by Crippen LogP contribution is -2.38. The zero-order valence-electron chi connectivity index (χ0n) is 15.3. The van der Waals surface area contributed by atoms with Crippen molar-refractivity contribution in [2.24, 2.45) is 4.99 Å². The van der Waals surface area contributed by atoms with Crippen molar-refractivity contribution in [1.29, 1.82) is 5.26 Å². The molecule has 0 saturated heterocycles. The fourth-order valence-electron chi connectivity index (χ4n) is 2.54. The van der Waals surface area contributed by atoms with E-state index in [0.717, 1.165) is 11.3 Å². The van der Waals surface area contributed by atoms with Crippen LogP contribution < -0.4 is 10.1 Å². The molecule has 0 saturated carbocycles. The Morgan fingerprint density at radius 1 is 1.27 bits per heavy atom. The van der Waals surface area contributed by atoms with Crippen LogP contribution in [0, 0.1) is 17.1 Å². The van der Waals surface area contributed by atoms with Gasteiger partial charge in [-0.1, -0.05) is 24.3 Å². The smallest absolute Gasteiger partial charge is 0.194 e. The molecule has 0 unspecified atom stereocenters. The van der Waals surface area contributed by atoms with E-state index in [1.54, 1.807) is 19.2 Å². The van der Waals surface area contributed by atoms with E-state index in [-0.39, 0.29) is 6.54 Å². The van der Waals surface area contributed by atoms with Crippen molar-refractivity contribution in [2.75, 3.05) is 20.7 Å². The van der Waals surface area contributed by atoms with Crippen LogP contribution in [0.5, 0.6) is 5.75 Å². The van der Waals surface area contributed by atoms with Crippen LogP contribution in [-0.4, -0.2) is 31.6 Å². The third kappa shape index (κ3) is 4.96. The molecule has 2 aromatic rings. The predicted octanol–water partition coefficient (Wildman–Crippen LogP) is 3.30. The number of nitriles is 1. The molecule has 0 aliphatic heterocycles. The summed E-state index contributed by atoms with van der Waals surface area (Å²) in [6, 6.07) is 14.2. The van der Waals surface area contributed by atoms with Gasteiger partial charge in [-0.2, -0.15) is 5.26 Å². The number of para-hydroxylation sites is 1. The number of nitrogens with one attached hydrogen (secondary N) is 1. The van der Waals surface area contributed by atoms with E-state index in [1.165, 1.54) is 6.07 Å². The number of aliphatic imine (C=N–C) groups is 1. The van der Waals surface area contributed by atoms with Gasteiger partial charge in [0.05, 0.1) is 25.3 Å². The Balaban J connectivity index is 2.16. The zero-order valence-corrected chi connectivity index (χ0v) is 15.3. The Bertz CT molecular complexity index is 814. The largest absolute Gasteiger partial charge is 0.496 e. The van der Waals surface area contributed by atoms with Crippen LogP contribution in [0.25, 0.3) is 0 Å². The van der Waals surface area contributed by atoms with Gasteiger partial charge in [-0.15, -0.1) is 0 Å². The van der Waals surface area contributed by atoms with Crippen LogP contribution >= 0.6 is 0 Å². The minimum absolute atomic E-state index is 0.191. The Kier molecular flexibility index (Phi) is 6.98. The van der Waals surface area contributed by atoms with Crippen LogP contribution in [-0.2, 0) is 13.1 Å². The van der Waals surface area contributed by atoms with Gasteiger partial charge in [-0.25, -0.2) is 9.38 Å². The summed E-state index contributed by atoms with van der Waals surface area (Å²) in [5, 5.41) is 12.0. The first kappa shape index (κ1) is 19.3. The quantitative estimate of drug-likeness (QED) is 0.639.